The highest BCUT2D eigenvalue weighted by Crippen LogP contribution is 2.23. The lowest BCUT2D eigenvalue weighted by Crippen LogP contribution is -2.41. The number of urea groups is 1. The lowest BCUT2D eigenvalue weighted by atomic mass is 10.2. The fourth-order valence-electron chi connectivity index (χ4n) is 3.45. The molecule has 1 saturated heterocycles. The number of nitrogens with one attached hydrogen (secondary N) is 1. The third-order valence-corrected chi connectivity index (χ3v) is 5.92. The highest BCUT2D eigenvalue weighted by molar-refractivity contribution is 7.13. The zero-order valence-electron chi connectivity index (χ0n) is 16.5. The van der Waals surface area contributed by atoms with E-state index in [0.717, 1.165) is 29.2 Å². The van der Waals surface area contributed by atoms with Gasteiger partial charge in [-0.05, 0) is 18.6 Å². The highest BCUT2D eigenvalue weighted by Gasteiger charge is 2.21. The van der Waals surface area contributed by atoms with Gasteiger partial charge in [0, 0.05) is 43.3 Å². The largest absolute Gasteiger partial charge is 0.354 e. The second kappa shape index (κ2) is 9.37. The first-order chi connectivity index (χ1) is 14.7. The van der Waals surface area contributed by atoms with Crippen LogP contribution in [0.3, 0.4) is 0 Å². The van der Waals surface area contributed by atoms with Crippen molar-refractivity contribution >= 4 is 23.2 Å². The minimum atomic E-state index is -0.0901. The fraction of sp³-hybridized carbons (Fsp3) is 0.273. The summed E-state index contributed by atoms with van der Waals surface area (Å²) in [4.78, 5) is 25.6. The van der Waals surface area contributed by atoms with Crippen LogP contribution in [0, 0.1) is 11.3 Å². The zero-order valence-corrected chi connectivity index (χ0v) is 17.3. The zero-order chi connectivity index (χ0) is 20.8. The predicted molar refractivity (Wildman–Crippen MR) is 117 cm³/mol. The number of anilines is 1. The van der Waals surface area contributed by atoms with Gasteiger partial charge in [-0.1, -0.05) is 30.3 Å². The average Bonchev–Trinajstić information content (AvgIpc) is 3.14. The van der Waals surface area contributed by atoms with Crippen molar-refractivity contribution < 1.29 is 4.79 Å². The van der Waals surface area contributed by atoms with E-state index in [1.54, 1.807) is 29.7 Å². The van der Waals surface area contributed by atoms with Crippen LogP contribution in [-0.4, -0.2) is 47.1 Å². The summed E-state index contributed by atoms with van der Waals surface area (Å²) in [6.45, 7) is 3.07. The number of rotatable bonds is 4. The molecule has 2 amide bonds. The minimum absolute atomic E-state index is 0.0901. The molecule has 0 radical (unpaired) electrons. The third-order valence-electron chi connectivity index (χ3n) is 4.98. The molecule has 1 fully saturated rings. The van der Waals surface area contributed by atoms with E-state index < -0.39 is 0 Å². The summed E-state index contributed by atoms with van der Waals surface area (Å²) in [7, 11) is 0. The maximum Gasteiger partial charge on any atom is 0.317 e. The van der Waals surface area contributed by atoms with Gasteiger partial charge in [-0.3, -0.25) is 0 Å². The van der Waals surface area contributed by atoms with Gasteiger partial charge in [0.1, 0.15) is 16.9 Å². The molecule has 0 aliphatic carbocycles. The number of benzene rings is 1. The van der Waals surface area contributed by atoms with E-state index in [2.05, 4.69) is 26.3 Å². The Labute approximate surface area is 179 Å². The molecule has 3 aromatic rings. The summed E-state index contributed by atoms with van der Waals surface area (Å²) < 4.78 is 0. The molecule has 0 unspecified atom stereocenters. The highest BCUT2D eigenvalue weighted by atomic mass is 32.1. The van der Waals surface area contributed by atoms with Crippen LogP contribution >= 0.6 is 11.3 Å². The smallest absolute Gasteiger partial charge is 0.317 e. The number of aromatic nitrogens is 2. The molecular weight excluding hydrogens is 396 g/mol. The van der Waals surface area contributed by atoms with Crippen LogP contribution < -0.4 is 10.2 Å². The molecule has 1 N–H and O–H groups in total. The second-order valence-electron chi connectivity index (χ2n) is 6.98. The first-order valence-electron chi connectivity index (χ1n) is 9.87. The van der Waals surface area contributed by atoms with Crippen LogP contribution in [0.1, 0.15) is 17.7 Å². The maximum atomic E-state index is 12.7. The van der Waals surface area contributed by atoms with Gasteiger partial charge < -0.3 is 15.1 Å². The van der Waals surface area contributed by atoms with Gasteiger partial charge in [0.2, 0.25) is 0 Å². The van der Waals surface area contributed by atoms with Crippen molar-refractivity contribution in [2.75, 3.05) is 31.1 Å². The van der Waals surface area contributed by atoms with Crippen molar-refractivity contribution in [2.24, 2.45) is 0 Å². The number of nitrogens with zero attached hydrogens (tertiary/aromatic N) is 5. The summed E-state index contributed by atoms with van der Waals surface area (Å²) in [5.74, 6) is 0.693. The molecule has 0 saturated carbocycles. The summed E-state index contributed by atoms with van der Waals surface area (Å²) in [6.07, 6.45) is 2.52. The number of nitriles is 1. The molecule has 152 valence electrons. The van der Waals surface area contributed by atoms with E-state index in [4.69, 9.17) is 0 Å². The molecule has 7 nitrogen and oxygen atoms in total. The van der Waals surface area contributed by atoms with E-state index >= 15 is 0 Å². The summed E-state index contributed by atoms with van der Waals surface area (Å²) in [5, 5.41) is 15.2. The van der Waals surface area contributed by atoms with Crippen LogP contribution in [0.15, 0.2) is 54.0 Å². The molecule has 0 atom stereocenters. The van der Waals surface area contributed by atoms with Gasteiger partial charge in [-0.25, -0.2) is 14.8 Å². The Morgan fingerprint density at radius 1 is 1.13 bits per heavy atom. The Morgan fingerprint density at radius 2 is 2.00 bits per heavy atom. The van der Waals surface area contributed by atoms with Gasteiger partial charge >= 0.3 is 6.03 Å². The third kappa shape index (κ3) is 4.58. The Morgan fingerprint density at radius 3 is 2.83 bits per heavy atom. The van der Waals surface area contributed by atoms with Gasteiger partial charge in [0.05, 0.1) is 17.8 Å². The molecule has 0 bridgehead atoms. The topological polar surface area (TPSA) is 85.2 Å². The Bertz CT molecular complexity index is 1050. The van der Waals surface area contributed by atoms with E-state index in [9.17, 15) is 10.1 Å². The van der Waals surface area contributed by atoms with Crippen LogP contribution in [0.5, 0.6) is 0 Å². The van der Waals surface area contributed by atoms with E-state index in [0.29, 0.717) is 37.6 Å². The van der Waals surface area contributed by atoms with Crippen molar-refractivity contribution in [3.8, 4) is 16.6 Å². The van der Waals surface area contributed by atoms with Gasteiger partial charge in [0.15, 0.2) is 0 Å². The monoisotopic (exact) mass is 418 g/mol. The van der Waals surface area contributed by atoms with Crippen molar-refractivity contribution in [3.63, 3.8) is 0 Å². The van der Waals surface area contributed by atoms with Gasteiger partial charge in [0.25, 0.3) is 0 Å². The lowest BCUT2D eigenvalue weighted by molar-refractivity contribution is 0.201. The van der Waals surface area contributed by atoms with Crippen LogP contribution in [0.25, 0.3) is 10.6 Å². The molecule has 3 heterocycles. The van der Waals surface area contributed by atoms with Crippen LogP contribution in [0.4, 0.5) is 10.6 Å². The predicted octanol–water partition coefficient (Wildman–Crippen LogP) is 3.50. The van der Waals surface area contributed by atoms with E-state index in [1.807, 2.05) is 40.6 Å². The Balaban J connectivity index is 1.33. The minimum Gasteiger partial charge on any atom is -0.354 e. The molecule has 8 heteroatoms. The number of thiazole rings is 1. The van der Waals surface area contributed by atoms with Crippen molar-refractivity contribution in [1.82, 2.24) is 20.2 Å². The Hall–Kier alpha value is -3.44. The summed E-state index contributed by atoms with van der Waals surface area (Å²) >= 11 is 1.58. The standard InChI is InChI=1S/C22H22N6OS/c23-14-18-8-4-9-24-20(18)27-10-5-11-28(13-12-27)22(29)25-15-19-16-30-21(26-19)17-6-2-1-3-7-17/h1-4,6-9,16H,5,10-13,15H2,(H,25,29). The molecule has 1 aliphatic rings. The summed E-state index contributed by atoms with van der Waals surface area (Å²) in [5.41, 5.74) is 2.50. The van der Waals surface area contributed by atoms with Crippen LogP contribution in [-0.2, 0) is 6.54 Å². The van der Waals surface area contributed by atoms with Crippen molar-refractivity contribution in [2.45, 2.75) is 13.0 Å². The van der Waals surface area contributed by atoms with Gasteiger partial charge in [-0.15, -0.1) is 11.3 Å². The van der Waals surface area contributed by atoms with Gasteiger partial charge in [-0.2, -0.15) is 5.26 Å². The van der Waals surface area contributed by atoms with Crippen molar-refractivity contribution in [3.05, 3.63) is 65.3 Å². The number of hydrogen-bond donors (Lipinski definition) is 1. The molecule has 4 rings (SSSR count). The molecule has 30 heavy (non-hydrogen) atoms. The SMILES string of the molecule is N#Cc1cccnc1N1CCCN(C(=O)NCc2csc(-c3ccccc3)n2)CC1. The van der Waals surface area contributed by atoms with Crippen LogP contribution in [0.2, 0.25) is 0 Å². The molecule has 0 spiro atoms. The number of carbonyl (C=O) groups excluding carboxylic acids is 1. The lowest BCUT2D eigenvalue weighted by Gasteiger charge is -2.23. The number of pyridine rings is 1. The van der Waals surface area contributed by atoms with Crippen molar-refractivity contribution in [1.29, 1.82) is 5.26 Å². The second-order valence-corrected chi connectivity index (χ2v) is 7.84. The fourth-order valence-corrected chi connectivity index (χ4v) is 4.27. The molecule has 1 aliphatic heterocycles. The first-order valence-corrected chi connectivity index (χ1v) is 10.8. The van der Waals surface area contributed by atoms with E-state index in [1.165, 1.54) is 0 Å². The summed E-state index contributed by atoms with van der Waals surface area (Å²) in [6, 6.07) is 15.7. The molecule has 2 aromatic heterocycles. The number of hydrogen-bond acceptors (Lipinski definition) is 6. The Kier molecular flexibility index (Phi) is 6.20. The maximum absolute atomic E-state index is 12.7. The average molecular weight is 419 g/mol. The molecular formula is C22H22N6OS. The van der Waals surface area contributed by atoms with E-state index in [-0.39, 0.29) is 6.03 Å². The normalized spacial score (nSPS) is 14.1. The quantitative estimate of drug-likeness (QED) is 0.701. The first kappa shape index (κ1) is 19.9. The number of amides is 2. The molecule has 1 aromatic carbocycles. The number of carbonyl (C=O) groups is 1.